The van der Waals surface area contributed by atoms with Crippen LogP contribution in [-0.2, 0) is 14.3 Å². The van der Waals surface area contributed by atoms with Crippen LogP contribution in [0.3, 0.4) is 0 Å². The SMILES string of the molecule is CCCCCOc1ccc(/C(O)=C2/C(=O)C(=O)N(CC3CCCO3)C2c2ccncc2)cc1. The summed E-state index contributed by atoms with van der Waals surface area (Å²) >= 11 is 0. The lowest BCUT2D eigenvalue weighted by Crippen LogP contribution is -2.36. The lowest BCUT2D eigenvalue weighted by molar-refractivity contribution is -0.140. The topological polar surface area (TPSA) is 89.0 Å². The molecule has 1 aromatic heterocycles. The van der Waals surface area contributed by atoms with Gasteiger partial charge in [0.2, 0.25) is 0 Å². The molecule has 2 saturated heterocycles. The average molecular weight is 451 g/mol. The molecule has 1 amide bonds. The summed E-state index contributed by atoms with van der Waals surface area (Å²) in [6.45, 7) is 3.73. The molecule has 0 bridgehead atoms. The Morgan fingerprint density at radius 3 is 2.58 bits per heavy atom. The zero-order valence-electron chi connectivity index (χ0n) is 18.9. The number of benzene rings is 1. The maximum Gasteiger partial charge on any atom is 0.295 e. The Morgan fingerprint density at radius 1 is 1.15 bits per heavy atom. The van der Waals surface area contributed by atoms with E-state index in [-0.39, 0.29) is 17.4 Å². The van der Waals surface area contributed by atoms with Crippen LogP contribution in [0.5, 0.6) is 5.75 Å². The number of amides is 1. The van der Waals surface area contributed by atoms with E-state index in [0.717, 1.165) is 37.7 Å². The summed E-state index contributed by atoms with van der Waals surface area (Å²) in [5, 5.41) is 11.1. The number of ketones is 1. The fourth-order valence-corrected chi connectivity index (χ4v) is 4.37. The number of aliphatic hydroxyl groups excluding tert-OH is 1. The molecule has 0 radical (unpaired) electrons. The Kier molecular flexibility index (Phi) is 7.40. The van der Waals surface area contributed by atoms with E-state index in [0.29, 0.717) is 31.1 Å². The van der Waals surface area contributed by atoms with Crippen molar-refractivity contribution in [1.29, 1.82) is 0 Å². The molecule has 1 aromatic carbocycles. The van der Waals surface area contributed by atoms with Crippen molar-refractivity contribution >= 4 is 17.4 Å². The van der Waals surface area contributed by atoms with Gasteiger partial charge in [-0.15, -0.1) is 0 Å². The van der Waals surface area contributed by atoms with Crippen molar-refractivity contribution in [3.05, 3.63) is 65.5 Å². The molecule has 0 spiro atoms. The molecule has 2 atom stereocenters. The first-order chi connectivity index (χ1) is 16.1. The van der Waals surface area contributed by atoms with Gasteiger partial charge < -0.3 is 19.5 Å². The molecule has 4 rings (SSSR count). The van der Waals surface area contributed by atoms with E-state index in [1.54, 1.807) is 48.8 Å². The van der Waals surface area contributed by atoms with Crippen LogP contribution in [0.1, 0.15) is 56.2 Å². The smallest absolute Gasteiger partial charge is 0.295 e. The van der Waals surface area contributed by atoms with E-state index in [2.05, 4.69) is 11.9 Å². The summed E-state index contributed by atoms with van der Waals surface area (Å²) < 4.78 is 11.5. The number of unbranched alkanes of at least 4 members (excludes halogenated alkanes) is 2. The summed E-state index contributed by atoms with van der Waals surface area (Å²) in [4.78, 5) is 31.6. The van der Waals surface area contributed by atoms with Crippen molar-refractivity contribution in [2.45, 2.75) is 51.2 Å². The number of Topliss-reactive ketones (excluding diaryl/α,β-unsaturated/α-hetero) is 1. The quantitative estimate of drug-likeness (QED) is 0.266. The highest BCUT2D eigenvalue weighted by Crippen LogP contribution is 2.40. The largest absolute Gasteiger partial charge is 0.507 e. The van der Waals surface area contributed by atoms with Crippen LogP contribution in [-0.4, -0.2) is 52.5 Å². The van der Waals surface area contributed by atoms with Gasteiger partial charge in [-0.1, -0.05) is 19.8 Å². The molecule has 0 saturated carbocycles. The number of nitrogens with zero attached hydrogens (tertiary/aromatic N) is 2. The Bertz CT molecular complexity index is 997. The molecule has 2 unspecified atom stereocenters. The fourth-order valence-electron chi connectivity index (χ4n) is 4.37. The molecule has 1 N–H and O–H groups in total. The number of rotatable bonds is 9. The van der Waals surface area contributed by atoms with Crippen molar-refractivity contribution in [3.8, 4) is 5.75 Å². The molecule has 33 heavy (non-hydrogen) atoms. The standard InChI is InChI=1S/C26H30N2O5/c1-2-3-4-15-32-20-9-7-19(8-10-20)24(29)22-23(18-11-13-27-14-12-18)28(26(31)25(22)30)17-21-6-5-16-33-21/h7-14,21,23,29H,2-6,15-17H2,1H3/b24-22-. The predicted molar refractivity (Wildman–Crippen MR) is 124 cm³/mol. The highest BCUT2D eigenvalue weighted by Gasteiger charge is 2.47. The number of hydrogen-bond donors (Lipinski definition) is 1. The third kappa shape index (κ3) is 5.09. The van der Waals surface area contributed by atoms with Crippen molar-refractivity contribution in [1.82, 2.24) is 9.88 Å². The average Bonchev–Trinajstić information content (AvgIpc) is 3.45. The van der Waals surface area contributed by atoms with Crippen LogP contribution >= 0.6 is 0 Å². The molecule has 7 heteroatoms. The zero-order chi connectivity index (χ0) is 23.2. The normalized spacial score (nSPS) is 22.2. The summed E-state index contributed by atoms with van der Waals surface area (Å²) in [5.41, 5.74) is 1.27. The zero-order valence-corrected chi connectivity index (χ0v) is 18.9. The minimum absolute atomic E-state index is 0.0841. The predicted octanol–water partition coefficient (Wildman–Crippen LogP) is 4.25. The number of aromatic nitrogens is 1. The molecule has 2 fully saturated rings. The Hall–Kier alpha value is -3.19. The first-order valence-electron chi connectivity index (χ1n) is 11.6. The Balaban J connectivity index is 1.64. The van der Waals surface area contributed by atoms with E-state index in [1.807, 2.05) is 0 Å². The third-order valence-corrected chi connectivity index (χ3v) is 6.13. The second-order valence-corrected chi connectivity index (χ2v) is 8.45. The van der Waals surface area contributed by atoms with Crippen molar-refractivity contribution in [2.24, 2.45) is 0 Å². The number of pyridine rings is 1. The maximum atomic E-state index is 13.1. The summed E-state index contributed by atoms with van der Waals surface area (Å²) in [6, 6.07) is 9.79. The van der Waals surface area contributed by atoms with Crippen LogP contribution in [0, 0.1) is 0 Å². The van der Waals surface area contributed by atoms with Gasteiger partial charge in [0, 0.05) is 31.1 Å². The van der Waals surface area contributed by atoms with E-state index < -0.39 is 17.7 Å². The second kappa shape index (κ2) is 10.6. The Labute approximate surface area is 194 Å². The Morgan fingerprint density at radius 2 is 1.91 bits per heavy atom. The summed E-state index contributed by atoms with van der Waals surface area (Å²) in [6.07, 6.45) is 8.11. The second-order valence-electron chi connectivity index (χ2n) is 8.45. The van der Waals surface area contributed by atoms with Crippen LogP contribution < -0.4 is 4.74 Å². The lowest BCUT2D eigenvalue weighted by atomic mass is 9.96. The first-order valence-corrected chi connectivity index (χ1v) is 11.6. The van der Waals surface area contributed by atoms with E-state index in [4.69, 9.17) is 9.47 Å². The summed E-state index contributed by atoms with van der Waals surface area (Å²) in [5.74, 6) is -0.799. The number of hydrogen-bond acceptors (Lipinski definition) is 6. The molecule has 2 aliphatic rings. The molecule has 7 nitrogen and oxygen atoms in total. The van der Waals surface area contributed by atoms with Crippen molar-refractivity contribution < 1.29 is 24.2 Å². The third-order valence-electron chi connectivity index (χ3n) is 6.13. The fraction of sp³-hybridized carbons (Fsp3) is 0.423. The highest BCUT2D eigenvalue weighted by atomic mass is 16.5. The van der Waals surface area contributed by atoms with E-state index in [1.165, 1.54) is 4.90 Å². The lowest BCUT2D eigenvalue weighted by Gasteiger charge is -2.27. The van der Waals surface area contributed by atoms with Gasteiger partial charge >= 0.3 is 0 Å². The van der Waals surface area contributed by atoms with E-state index >= 15 is 0 Å². The van der Waals surface area contributed by atoms with Crippen LogP contribution in [0.4, 0.5) is 0 Å². The number of aliphatic hydroxyl groups is 1. The van der Waals surface area contributed by atoms with Gasteiger partial charge in [-0.2, -0.15) is 0 Å². The van der Waals surface area contributed by atoms with Gasteiger partial charge in [-0.25, -0.2) is 0 Å². The number of likely N-dealkylation sites (tertiary alicyclic amines) is 1. The van der Waals surface area contributed by atoms with Gasteiger partial charge in [-0.3, -0.25) is 14.6 Å². The van der Waals surface area contributed by atoms with Crippen molar-refractivity contribution in [2.75, 3.05) is 19.8 Å². The highest BCUT2D eigenvalue weighted by molar-refractivity contribution is 6.46. The maximum absolute atomic E-state index is 13.1. The molecule has 3 heterocycles. The van der Waals surface area contributed by atoms with Gasteiger partial charge in [-0.05, 0) is 61.2 Å². The number of carbonyl (C=O) groups excluding carboxylic acids is 2. The molecule has 2 aromatic rings. The minimum Gasteiger partial charge on any atom is -0.507 e. The molecular formula is C26H30N2O5. The molecule has 174 valence electrons. The van der Waals surface area contributed by atoms with Crippen LogP contribution in [0.25, 0.3) is 5.76 Å². The monoisotopic (exact) mass is 450 g/mol. The number of ether oxygens (including phenoxy) is 2. The van der Waals surface area contributed by atoms with E-state index in [9.17, 15) is 14.7 Å². The van der Waals surface area contributed by atoms with Gasteiger partial charge in [0.15, 0.2) is 0 Å². The van der Waals surface area contributed by atoms with Crippen molar-refractivity contribution in [3.63, 3.8) is 0 Å². The number of carbonyl (C=O) groups is 2. The summed E-state index contributed by atoms with van der Waals surface area (Å²) in [7, 11) is 0. The molecule has 2 aliphatic heterocycles. The molecular weight excluding hydrogens is 420 g/mol. The van der Waals surface area contributed by atoms with Gasteiger partial charge in [0.1, 0.15) is 11.5 Å². The first kappa shape index (κ1) is 23.0. The molecule has 0 aliphatic carbocycles. The van der Waals surface area contributed by atoms with Crippen LogP contribution in [0.15, 0.2) is 54.4 Å². The van der Waals surface area contributed by atoms with Gasteiger partial charge in [0.05, 0.1) is 24.3 Å². The van der Waals surface area contributed by atoms with Gasteiger partial charge in [0.25, 0.3) is 11.7 Å². The minimum atomic E-state index is -0.692. The van der Waals surface area contributed by atoms with Crippen LogP contribution in [0.2, 0.25) is 0 Å².